The monoisotopic (exact) mass is 326 g/mol. The SMILES string of the molecule is O=C(O)c1cncc2c1CCN(C(=O)c1ccc3c(c1)OCO3)C2. The average molecular weight is 326 g/mol. The molecular formula is C17H14N2O5. The topological polar surface area (TPSA) is 89.0 Å². The summed E-state index contributed by atoms with van der Waals surface area (Å²) in [5, 5.41) is 9.24. The van der Waals surface area contributed by atoms with Crippen molar-refractivity contribution < 1.29 is 24.2 Å². The average Bonchev–Trinajstić information content (AvgIpc) is 3.07. The maximum Gasteiger partial charge on any atom is 0.337 e. The summed E-state index contributed by atoms with van der Waals surface area (Å²) in [4.78, 5) is 29.7. The van der Waals surface area contributed by atoms with Crippen LogP contribution in [-0.4, -0.2) is 40.2 Å². The summed E-state index contributed by atoms with van der Waals surface area (Å²) < 4.78 is 10.6. The van der Waals surface area contributed by atoms with Crippen LogP contribution < -0.4 is 9.47 Å². The van der Waals surface area contributed by atoms with E-state index in [-0.39, 0.29) is 18.3 Å². The first-order valence-corrected chi connectivity index (χ1v) is 7.51. The first-order chi connectivity index (χ1) is 11.6. The molecule has 2 aromatic rings. The number of rotatable bonds is 2. The largest absolute Gasteiger partial charge is 0.478 e. The molecule has 0 saturated heterocycles. The molecule has 7 nitrogen and oxygen atoms in total. The highest BCUT2D eigenvalue weighted by Gasteiger charge is 2.26. The fourth-order valence-electron chi connectivity index (χ4n) is 3.06. The minimum Gasteiger partial charge on any atom is -0.478 e. The quantitative estimate of drug-likeness (QED) is 0.904. The van der Waals surface area contributed by atoms with Crippen molar-refractivity contribution in [3.05, 3.63) is 52.8 Å². The fraction of sp³-hybridized carbons (Fsp3) is 0.235. The minimum atomic E-state index is -0.991. The van der Waals surface area contributed by atoms with E-state index in [9.17, 15) is 14.7 Å². The van der Waals surface area contributed by atoms with Gasteiger partial charge in [-0.1, -0.05) is 0 Å². The number of nitrogens with zero attached hydrogens (tertiary/aromatic N) is 2. The number of pyridine rings is 1. The van der Waals surface area contributed by atoms with E-state index in [4.69, 9.17) is 9.47 Å². The number of fused-ring (bicyclic) bond motifs is 2. The second-order valence-electron chi connectivity index (χ2n) is 5.67. The maximum absolute atomic E-state index is 12.7. The van der Waals surface area contributed by atoms with Gasteiger partial charge < -0.3 is 19.5 Å². The van der Waals surface area contributed by atoms with E-state index in [2.05, 4.69) is 4.98 Å². The number of amides is 1. The van der Waals surface area contributed by atoms with Crippen LogP contribution in [0, 0.1) is 0 Å². The molecule has 1 amide bonds. The van der Waals surface area contributed by atoms with Gasteiger partial charge in [0.1, 0.15) is 0 Å². The van der Waals surface area contributed by atoms with E-state index in [0.717, 1.165) is 11.1 Å². The standard InChI is InChI=1S/C17H14N2O5/c20-16(10-1-2-14-15(5-10)24-9-23-14)19-4-3-12-11(8-19)6-18-7-13(12)17(21)22/h1-2,5-7H,3-4,8-9H2,(H,21,22). The number of aromatic nitrogens is 1. The first kappa shape index (κ1) is 14.5. The molecule has 0 spiro atoms. The lowest BCUT2D eigenvalue weighted by Crippen LogP contribution is -2.36. The second kappa shape index (κ2) is 5.52. The molecule has 2 aliphatic heterocycles. The third-order valence-corrected chi connectivity index (χ3v) is 4.28. The Kier molecular flexibility index (Phi) is 3.34. The lowest BCUT2D eigenvalue weighted by Gasteiger charge is -2.29. The van der Waals surface area contributed by atoms with Crippen LogP contribution in [0.1, 0.15) is 31.8 Å². The molecular weight excluding hydrogens is 312 g/mol. The van der Waals surface area contributed by atoms with E-state index < -0.39 is 5.97 Å². The van der Waals surface area contributed by atoms with Crippen LogP contribution >= 0.6 is 0 Å². The number of carbonyl (C=O) groups excluding carboxylic acids is 1. The zero-order chi connectivity index (χ0) is 16.7. The Morgan fingerprint density at radius 1 is 1.17 bits per heavy atom. The van der Waals surface area contributed by atoms with Gasteiger partial charge in [0.2, 0.25) is 6.79 Å². The normalized spacial score (nSPS) is 15.1. The lowest BCUT2D eigenvalue weighted by molar-refractivity contribution is 0.0693. The second-order valence-corrected chi connectivity index (χ2v) is 5.67. The highest BCUT2D eigenvalue weighted by atomic mass is 16.7. The van der Waals surface area contributed by atoms with Gasteiger partial charge in [-0.15, -0.1) is 0 Å². The van der Waals surface area contributed by atoms with Crippen LogP contribution in [0.3, 0.4) is 0 Å². The highest BCUT2D eigenvalue weighted by Crippen LogP contribution is 2.33. The molecule has 122 valence electrons. The van der Waals surface area contributed by atoms with Crippen LogP contribution in [0.25, 0.3) is 0 Å². The number of hydrogen-bond acceptors (Lipinski definition) is 5. The number of aromatic carboxylic acids is 1. The van der Waals surface area contributed by atoms with Crippen molar-refractivity contribution in [2.24, 2.45) is 0 Å². The van der Waals surface area contributed by atoms with E-state index in [1.165, 1.54) is 6.20 Å². The number of carboxylic acids is 1. The van der Waals surface area contributed by atoms with Gasteiger partial charge in [0, 0.05) is 31.0 Å². The number of ether oxygens (including phenoxy) is 2. The molecule has 1 N–H and O–H groups in total. The summed E-state index contributed by atoms with van der Waals surface area (Å²) in [6, 6.07) is 5.10. The Labute approximate surface area is 137 Å². The van der Waals surface area contributed by atoms with E-state index >= 15 is 0 Å². The molecule has 4 rings (SSSR count). The third kappa shape index (κ3) is 2.34. The predicted octanol–water partition coefficient (Wildman–Crippen LogP) is 1.71. The van der Waals surface area contributed by atoms with Gasteiger partial charge in [-0.3, -0.25) is 9.78 Å². The van der Waals surface area contributed by atoms with Gasteiger partial charge in [0.25, 0.3) is 5.91 Å². The van der Waals surface area contributed by atoms with Gasteiger partial charge in [-0.05, 0) is 35.7 Å². The Bertz CT molecular complexity index is 849. The van der Waals surface area contributed by atoms with Crippen molar-refractivity contribution in [2.75, 3.05) is 13.3 Å². The Morgan fingerprint density at radius 3 is 2.83 bits per heavy atom. The third-order valence-electron chi connectivity index (χ3n) is 4.28. The van der Waals surface area contributed by atoms with Crippen molar-refractivity contribution in [3.63, 3.8) is 0 Å². The molecule has 2 aliphatic rings. The summed E-state index contributed by atoms with van der Waals surface area (Å²) in [6.45, 7) is 0.967. The molecule has 3 heterocycles. The number of carboxylic acid groups (broad SMARTS) is 1. The smallest absolute Gasteiger partial charge is 0.337 e. The Balaban J connectivity index is 1.59. The molecule has 24 heavy (non-hydrogen) atoms. The van der Waals surface area contributed by atoms with Crippen molar-refractivity contribution in [1.29, 1.82) is 0 Å². The van der Waals surface area contributed by atoms with E-state index in [1.807, 2.05) is 0 Å². The molecule has 0 unspecified atom stereocenters. The van der Waals surface area contributed by atoms with Gasteiger partial charge >= 0.3 is 5.97 Å². The van der Waals surface area contributed by atoms with Gasteiger partial charge in [0.15, 0.2) is 11.5 Å². The van der Waals surface area contributed by atoms with Crippen LogP contribution in [0.5, 0.6) is 11.5 Å². The van der Waals surface area contributed by atoms with E-state index in [0.29, 0.717) is 36.6 Å². The summed E-state index contributed by atoms with van der Waals surface area (Å²) >= 11 is 0. The fourth-order valence-corrected chi connectivity index (χ4v) is 3.06. The summed E-state index contributed by atoms with van der Waals surface area (Å²) in [6.07, 6.45) is 3.48. The molecule has 7 heteroatoms. The lowest BCUT2D eigenvalue weighted by atomic mass is 9.96. The van der Waals surface area contributed by atoms with Crippen molar-refractivity contribution >= 4 is 11.9 Å². The van der Waals surface area contributed by atoms with Gasteiger partial charge in [0.05, 0.1) is 5.56 Å². The molecule has 0 fully saturated rings. The minimum absolute atomic E-state index is 0.125. The zero-order valence-electron chi connectivity index (χ0n) is 12.7. The highest BCUT2D eigenvalue weighted by molar-refractivity contribution is 5.95. The van der Waals surface area contributed by atoms with Crippen LogP contribution in [0.15, 0.2) is 30.6 Å². The number of benzene rings is 1. The molecule has 1 aromatic carbocycles. The number of hydrogen-bond donors (Lipinski definition) is 1. The Morgan fingerprint density at radius 2 is 2.00 bits per heavy atom. The summed E-state index contributed by atoms with van der Waals surface area (Å²) in [5.74, 6) is 0.0773. The zero-order valence-corrected chi connectivity index (χ0v) is 12.7. The Hall–Kier alpha value is -3.09. The van der Waals surface area contributed by atoms with Crippen LogP contribution in [0.4, 0.5) is 0 Å². The van der Waals surface area contributed by atoms with Crippen LogP contribution in [-0.2, 0) is 13.0 Å². The molecule has 0 saturated carbocycles. The van der Waals surface area contributed by atoms with Gasteiger partial charge in [-0.2, -0.15) is 0 Å². The van der Waals surface area contributed by atoms with Crippen molar-refractivity contribution in [2.45, 2.75) is 13.0 Å². The maximum atomic E-state index is 12.7. The van der Waals surface area contributed by atoms with E-state index in [1.54, 1.807) is 29.3 Å². The van der Waals surface area contributed by atoms with Crippen molar-refractivity contribution in [1.82, 2.24) is 9.88 Å². The van der Waals surface area contributed by atoms with Crippen molar-refractivity contribution in [3.8, 4) is 11.5 Å². The number of carbonyl (C=O) groups is 2. The van der Waals surface area contributed by atoms with Gasteiger partial charge in [-0.25, -0.2) is 4.79 Å². The van der Waals surface area contributed by atoms with Crippen LogP contribution in [0.2, 0.25) is 0 Å². The summed E-state index contributed by atoms with van der Waals surface area (Å²) in [7, 11) is 0. The predicted molar refractivity (Wildman–Crippen MR) is 82.2 cm³/mol. The molecule has 0 bridgehead atoms. The molecule has 0 atom stereocenters. The first-order valence-electron chi connectivity index (χ1n) is 7.51. The summed E-state index contributed by atoms with van der Waals surface area (Å²) in [5.41, 5.74) is 2.26. The molecule has 0 aliphatic carbocycles. The molecule has 1 aromatic heterocycles. The molecule has 0 radical (unpaired) electrons.